The van der Waals surface area contributed by atoms with Crippen molar-refractivity contribution in [3.63, 3.8) is 0 Å². The number of benzene rings is 1. The van der Waals surface area contributed by atoms with Crippen LogP contribution in [0.5, 0.6) is 0 Å². The van der Waals surface area contributed by atoms with Crippen molar-refractivity contribution in [2.45, 2.75) is 105 Å². The highest BCUT2D eigenvalue weighted by Gasteiger charge is 2.14. The van der Waals surface area contributed by atoms with Gasteiger partial charge in [0, 0.05) is 12.8 Å². The molecule has 0 saturated carbocycles. The zero-order valence-corrected chi connectivity index (χ0v) is 23.7. The maximum atomic E-state index is 11.8. The molecular formula is C30H48O8. The van der Waals surface area contributed by atoms with Gasteiger partial charge in [0.1, 0.15) is 0 Å². The summed E-state index contributed by atoms with van der Waals surface area (Å²) < 4.78 is 10.8. The summed E-state index contributed by atoms with van der Waals surface area (Å²) in [7, 11) is 0. The molecule has 216 valence electrons. The third-order valence-electron chi connectivity index (χ3n) is 6.45. The minimum atomic E-state index is -1.23. The lowest BCUT2D eigenvalue weighted by Gasteiger charge is -2.15. The Hall–Kier alpha value is -2.90. The molecule has 38 heavy (non-hydrogen) atoms. The highest BCUT2D eigenvalue weighted by atomic mass is 16.5. The van der Waals surface area contributed by atoms with Crippen molar-refractivity contribution in [2.24, 2.45) is 11.8 Å². The number of esters is 2. The number of carbonyl (C=O) groups excluding carboxylic acids is 2. The summed E-state index contributed by atoms with van der Waals surface area (Å²) >= 11 is 0. The van der Waals surface area contributed by atoms with Gasteiger partial charge in [-0.1, -0.05) is 78.4 Å². The van der Waals surface area contributed by atoms with Crippen LogP contribution in [0.15, 0.2) is 24.3 Å². The van der Waals surface area contributed by atoms with Gasteiger partial charge in [0.15, 0.2) is 0 Å². The summed E-state index contributed by atoms with van der Waals surface area (Å²) in [6.45, 7) is 9.71. The second-order valence-corrected chi connectivity index (χ2v) is 9.56. The SMILES string of the molecule is CCCCC(CC)COC(=O)CCCCC(=O)OCC(CC)CCCC.O=C(O)c1ccccc1C(=O)O. The summed E-state index contributed by atoms with van der Waals surface area (Å²) in [5, 5.41) is 17.1. The first-order valence-electron chi connectivity index (χ1n) is 14.1. The van der Waals surface area contributed by atoms with Crippen LogP contribution in [-0.4, -0.2) is 47.3 Å². The van der Waals surface area contributed by atoms with E-state index in [0.29, 0.717) is 50.7 Å². The molecule has 0 amide bonds. The van der Waals surface area contributed by atoms with Gasteiger partial charge in [0.2, 0.25) is 0 Å². The van der Waals surface area contributed by atoms with Gasteiger partial charge in [-0.05, 0) is 49.7 Å². The van der Waals surface area contributed by atoms with E-state index in [1.54, 1.807) is 0 Å². The fourth-order valence-corrected chi connectivity index (χ4v) is 3.76. The first-order chi connectivity index (χ1) is 18.2. The Kier molecular flexibility index (Phi) is 20.4. The Labute approximate surface area is 228 Å². The van der Waals surface area contributed by atoms with Crippen LogP contribution in [0.4, 0.5) is 0 Å². The smallest absolute Gasteiger partial charge is 0.336 e. The second kappa shape index (κ2) is 22.1. The number of carboxylic acid groups (broad SMARTS) is 2. The van der Waals surface area contributed by atoms with Crippen LogP contribution in [0.25, 0.3) is 0 Å². The molecule has 0 bridgehead atoms. The average molecular weight is 537 g/mol. The van der Waals surface area contributed by atoms with Gasteiger partial charge < -0.3 is 19.7 Å². The van der Waals surface area contributed by atoms with Crippen LogP contribution in [0.1, 0.15) is 125 Å². The van der Waals surface area contributed by atoms with Gasteiger partial charge in [0.25, 0.3) is 0 Å². The standard InChI is InChI=1S/C22H42O4.C8H6O4/c1-5-9-13-19(7-3)17-25-21(23)15-11-12-16-22(24)26-18-20(8-4)14-10-6-2;9-7(10)5-3-1-2-4-6(5)8(11)12/h19-20H,5-18H2,1-4H3;1-4H,(H,9,10)(H,11,12). The number of ether oxygens (including phenoxy) is 2. The maximum absolute atomic E-state index is 11.8. The maximum Gasteiger partial charge on any atom is 0.336 e. The van der Waals surface area contributed by atoms with Crippen LogP contribution < -0.4 is 0 Å². The number of rotatable bonds is 19. The van der Waals surface area contributed by atoms with Crippen molar-refractivity contribution in [2.75, 3.05) is 13.2 Å². The zero-order valence-electron chi connectivity index (χ0n) is 23.7. The number of hydrogen-bond donors (Lipinski definition) is 2. The number of aromatic carboxylic acids is 2. The summed E-state index contributed by atoms with van der Waals surface area (Å²) in [6, 6.07) is 5.48. The highest BCUT2D eigenvalue weighted by molar-refractivity contribution is 6.01. The van der Waals surface area contributed by atoms with E-state index in [2.05, 4.69) is 27.7 Å². The number of carbonyl (C=O) groups is 4. The fourth-order valence-electron chi connectivity index (χ4n) is 3.76. The van der Waals surface area contributed by atoms with Crippen molar-refractivity contribution in [3.05, 3.63) is 35.4 Å². The molecule has 1 aromatic carbocycles. The Balaban J connectivity index is 0.000000942. The fraction of sp³-hybridized carbons (Fsp3) is 0.667. The lowest BCUT2D eigenvalue weighted by atomic mass is 10.0. The van der Waals surface area contributed by atoms with Crippen LogP contribution in [0.3, 0.4) is 0 Å². The minimum Gasteiger partial charge on any atom is -0.478 e. The third-order valence-corrected chi connectivity index (χ3v) is 6.45. The van der Waals surface area contributed by atoms with Gasteiger partial charge in [-0.3, -0.25) is 9.59 Å². The van der Waals surface area contributed by atoms with Crippen LogP contribution in [-0.2, 0) is 19.1 Å². The van der Waals surface area contributed by atoms with Gasteiger partial charge in [-0.15, -0.1) is 0 Å². The van der Waals surface area contributed by atoms with Crippen LogP contribution in [0.2, 0.25) is 0 Å². The highest BCUT2D eigenvalue weighted by Crippen LogP contribution is 2.15. The molecule has 0 aromatic heterocycles. The Bertz CT molecular complexity index is 753. The third kappa shape index (κ3) is 16.8. The van der Waals surface area contributed by atoms with E-state index in [1.165, 1.54) is 49.9 Å². The predicted octanol–water partition coefficient (Wildman–Crippen LogP) is 7.15. The number of hydrogen-bond acceptors (Lipinski definition) is 6. The molecule has 2 atom stereocenters. The lowest BCUT2D eigenvalue weighted by molar-refractivity contribution is -0.147. The van der Waals surface area contributed by atoms with E-state index in [1.807, 2.05) is 0 Å². The summed E-state index contributed by atoms with van der Waals surface area (Å²) in [6.07, 6.45) is 11.3. The molecule has 0 saturated heterocycles. The molecule has 0 spiro atoms. The van der Waals surface area contributed by atoms with Crippen molar-refractivity contribution in [1.29, 1.82) is 0 Å². The molecule has 8 heteroatoms. The molecule has 1 aromatic rings. The molecule has 0 aliphatic carbocycles. The zero-order chi connectivity index (χ0) is 28.8. The second-order valence-electron chi connectivity index (χ2n) is 9.56. The molecule has 0 fully saturated rings. The van der Waals surface area contributed by atoms with Crippen molar-refractivity contribution in [3.8, 4) is 0 Å². The quantitative estimate of drug-likeness (QED) is 0.141. The van der Waals surface area contributed by atoms with Crippen LogP contribution in [0, 0.1) is 11.8 Å². The van der Waals surface area contributed by atoms with E-state index in [4.69, 9.17) is 19.7 Å². The Morgan fingerprint density at radius 1 is 0.658 bits per heavy atom. The molecule has 2 N–H and O–H groups in total. The van der Waals surface area contributed by atoms with Gasteiger partial charge in [-0.25, -0.2) is 9.59 Å². The first-order valence-corrected chi connectivity index (χ1v) is 14.1. The predicted molar refractivity (Wildman–Crippen MR) is 147 cm³/mol. The molecule has 2 unspecified atom stereocenters. The molecule has 0 aliphatic heterocycles. The lowest BCUT2D eigenvalue weighted by Crippen LogP contribution is -2.15. The van der Waals surface area contributed by atoms with Gasteiger partial charge in [-0.2, -0.15) is 0 Å². The minimum absolute atomic E-state index is 0.140. The molecule has 8 nitrogen and oxygen atoms in total. The average Bonchev–Trinajstić information content (AvgIpc) is 2.91. The molecule has 1 rings (SSSR count). The normalized spacial score (nSPS) is 12.0. The largest absolute Gasteiger partial charge is 0.478 e. The van der Waals surface area contributed by atoms with Crippen molar-refractivity contribution < 1.29 is 38.9 Å². The molecule has 0 aliphatic rings. The van der Waals surface area contributed by atoms with Gasteiger partial charge >= 0.3 is 23.9 Å². The summed E-state index contributed by atoms with van der Waals surface area (Å²) in [4.78, 5) is 44.5. The van der Waals surface area contributed by atoms with E-state index >= 15 is 0 Å². The van der Waals surface area contributed by atoms with E-state index in [0.717, 1.165) is 25.7 Å². The van der Waals surface area contributed by atoms with Crippen LogP contribution >= 0.6 is 0 Å². The van der Waals surface area contributed by atoms with Crippen molar-refractivity contribution >= 4 is 23.9 Å². The summed E-state index contributed by atoms with van der Waals surface area (Å²) in [5.74, 6) is -1.78. The van der Waals surface area contributed by atoms with E-state index in [9.17, 15) is 19.2 Å². The molecule has 0 heterocycles. The molecular weight excluding hydrogens is 488 g/mol. The van der Waals surface area contributed by atoms with E-state index in [-0.39, 0.29) is 23.1 Å². The van der Waals surface area contributed by atoms with Gasteiger partial charge in [0.05, 0.1) is 24.3 Å². The topological polar surface area (TPSA) is 127 Å². The Morgan fingerprint density at radius 3 is 1.32 bits per heavy atom. The summed E-state index contributed by atoms with van der Waals surface area (Å²) in [5.41, 5.74) is -0.380. The molecule has 0 radical (unpaired) electrons. The van der Waals surface area contributed by atoms with E-state index < -0.39 is 11.9 Å². The first kappa shape index (κ1) is 35.1. The Morgan fingerprint density at radius 2 is 1.03 bits per heavy atom. The number of carboxylic acids is 2. The number of unbranched alkanes of at least 4 members (excludes halogenated alkanes) is 3. The monoisotopic (exact) mass is 536 g/mol. The van der Waals surface area contributed by atoms with Crippen molar-refractivity contribution in [1.82, 2.24) is 0 Å².